The molecule has 0 spiro atoms. The molecule has 152 valence electrons. The van der Waals surface area contributed by atoms with E-state index in [-0.39, 0.29) is 29.7 Å². The van der Waals surface area contributed by atoms with E-state index in [4.69, 9.17) is 4.74 Å². The van der Waals surface area contributed by atoms with Gasteiger partial charge in [0.05, 0.1) is 17.8 Å². The molecule has 0 aromatic heterocycles. The molecule has 1 unspecified atom stereocenters. The molecule has 2 N–H and O–H groups in total. The fraction of sp³-hybridized carbons (Fsp3) is 0.364. The fourth-order valence-electron chi connectivity index (χ4n) is 3.91. The average Bonchev–Trinajstić information content (AvgIpc) is 2.74. The van der Waals surface area contributed by atoms with Crippen molar-refractivity contribution in [3.63, 3.8) is 0 Å². The molecule has 1 aromatic carbocycles. The van der Waals surface area contributed by atoms with Gasteiger partial charge in [0.15, 0.2) is 0 Å². The molecule has 0 bridgehead atoms. The molecule has 4 rings (SSSR count). The van der Waals surface area contributed by atoms with Crippen molar-refractivity contribution in [3.8, 4) is 0 Å². The van der Waals surface area contributed by atoms with Gasteiger partial charge in [-0.25, -0.2) is 13.8 Å². The molecular weight excluding hydrogens is 378 g/mol. The Morgan fingerprint density at radius 3 is 2.79 bits per heavy atom. The summed E-state index contributed by atoms with van der Waals surface area (Å²) in [5.41, 5.74) is 0.786. The molecule has 1 atom stereocenters. The quantitative estimate of drug-likeness (QED) is 0.817. The van der Waals surface area contributed by atoms with Crippen LogP contribution in [0.1, 0.15) is 24.8 Å². The minimum atomic E-state index is -0.745. The van der Waals surface area contributed by atoms with Gasteiger partial charge in [-0.2, -0.15) is 0 Å². The van der Waals surface area contributed by atoms with Crippen molar-refractivity contribution in [1.29, 1.82) is 0 Å². The highest BCUT2D eigenvalue weighted by molar-refractivity contribution is 6.40. The first-order valence-corrected chi connectivity index (χ1v) is 9.64. The number of carbonyl (C=O) groups excluding carboxylic acids is 1. The number of allylic oxidation sites excluding steroid dienone is 5. The van der Waals surface area contributed by atoms with Gasteiger partial charge in [-0.3, -0.25) is 4.79 Å². The van der Waals surface area contributed by atoms with Crippen molar-refractivity contribution in [2.24, 2.45) is 10.9 Å². The van der Waals surface area contributed by atoms with Gasteiger partial charge < -0.3 is 15.2 Å². The van der Waals surface area contributed by atoms with Crippen LogP contribution in [0.4, 0.5) is 8.78 Å². The minimum absolute atomic E-state index is 0.127. The van der Waals surface area contributed by atoms with Gasteiger partial charge in [-0.05, 0) is 30.5 Å². The van der Waals surface area contributed by atoms with E-state index in [1.54, 1.807) is 0 Å². The summed E-state index contributed by atoms with van der Waals surface area (Å²) < 4.78 is 33.2. The van der Waals surface area contributed by atoms with Gasteiger partial charge in [0, 0.05) is 37.2 Å². The first-order valence-electron chi connectivity index (χ1n) is 9.64. The zero-order valence-corrected chi connectivity index (χ0v) is 15.8. The van der Waals surface area contributed by atoms with Crippen LogP contribution in [0.2, 0.25) is 0 Å². The maximum Gasteiger partial charge on any atom is 0.266 e. The van der Waals surface area contributed by atoms with Crippen molar-refractivity contribution in [2.45, 2.75) is 24.8 Å². The van der Waals surface area contributed by atoms with Crippen LogP contribution >= 0.6 is 0 Å². The molecule has 29 heavy (non-hydrogen) atoms. The molecule has 1 aliphatic carbocycles. The lowest BCUT2D eigenvalue weighted by molar-refractivity contribution is -0.119. The second kappa shape index (κ2) is 8.00. The average molecular weight is 400 g/mol. The number of hydrogen-bond acceptors (Lipinski definition) is 4. The van der Waals surface area contributed by atoms with Crippen LogP contribution in [0, 0.1) is 17.6 Å². The normalized spacial score (nSPS) is 22.9. The van der Waals surface area contributed by atoms with Crippen LogP contribution in [0.3, 0.4) is 0 Å². The second-order valence-corrected chi connectivity index (χ2v) is 7.55. The number of nitrogens with zero attached hydrogens (tertiary/aromatic N) is 1. The van der Waals surface area contributed by atoms with Crippen LogP contribution in [0.15, 0.2) is 53.1 Å². The number of carbonyl (C=O) groups is 1. The first-order chi connectivity index (χ1) is 14.0. The highest BCUT2D eigenvalue weighted by Crippen LogP contribution is 2.36. The van der Waals surface area contributed by atoms with Crippen LogP contribution in [0.25, 0.3) is 5.70 Å². The van der Waals surface area contributed by atoms with E-state index in [0.29, 0.717) is 38.2 Å². The summed E-state index contributed by atoms with van der Waals surface area (Å²) in [6.07, 6.45) is 8.87. The lowest BCUT2D eigenvalue weighted by atomic mass is 9.83. The summed E-state index contributed by atoms with van der Waals surface area (Å²) >= 11 is 0. The van der Waals surface area contributed by atoms with Crippen LogP contribution in [-0.2, 0) is 9.53 Å². The molecule has 0 saturated carbocycles. The number of aliphatic imine (C=N–C) groups is 1. The highest BCUT2D eigenvalue weighted by atomic mass is 19.1. The number of rotatable bonds is 4. The number of amides is 1. The van der Waals surface area contributed by atoms with Gasteiger partial charge in [0.2, 0.25) is 0 Å². The Bertz CT molecular complexity index is 943. The van der Waals surface area contributed by atoms with Gasteiger partial charge in [0.25, 0.3) is 5.91 Å². The number of aliphatic hydroxyl groups is 1. The molecule has 2 aliphatic heterocycles. The van der Waals surface area contributed by atoms with E-state index in [0.717, 1.165) is 11.6 Å². The van der Waals surface area contributed by atoms with Gasteiger partial charge >= 0.3 is 0 Å². The smallest absolute Gasteiger partial charge is 0.266 e. The number of halogens is 2. The number of ether oxygens (including phenoxy) is 1. The van der Waals surface area contributed by atoms with Crippen molar-refractivity contribution in [1.82, 2.24) is 5.32 Å². The van der Waals surface area contributed by atoms with Crippen LogP contribution in [0.5, 0.6) is 0 Å². The summed E-state index contributed by atoms with van der Waals surface area (Å²) in [4.78, 5) is 17.5. The van der Waals surface area contributed by atoms with E-state index in [1.807, 2.05) is 24.3 Å². The molecule has 1 saturated heterocycles. The molecular formula is C22H22F2N2O3. The van der Waals surface area contributed by atoms with Gasteiger partial charge in [-0.15, -0.1) is 0 Å². The predicted octanol–water partition coefficient (Wildman–Crippen LogP) is 2.92. The Balaban J connectivity index is 1.70. The Labute approximate surface area is 167 Å². The number of nitrogens with one attached hydrogen (secondary N) is 1. The Kier molecular flexibility index (Phi) is 5.43. The Hall–Kier alpha value is -2.64. The van der Waals surface area contributed by atoms with Crippen molar-refractivity contribution < 1.29 is 23.4 Å². The molecule has 5 nitrogen and oxygen atoms in total. The molecule has 7 heteroatoms. The lowest BCUT2D eigenvalue weighted by Gasteiger charge is -2.37. The van der Waals surface area contributed by atoms with Crippen molar-refractivity contribution in [2.75, 3.05) is 19.8 Å². The van der Waals surface area contributed by atoms with Crippen molar-refractivity contribution in [3.05, 3.63) is 65.3 Å². The van der Waals surface area contributed by atoms with Gasteiger partial charge in [0.1, 0.15) is 17.3 Å². The van der Waals surface area contributed by atoms with Crippen molar-refractivity contribution >= 4 is 17.3 Å². The summed E-state index contributed by atoms with van der Waals surface area (Å²) in [6, 6.07) is 3.33. The molecule has 1 fully saturated rings. The summed E-state index contributed by atoms with van der Waals surface area (Å²) in [5.74, 6) is -1.91. The highest BCUT2D eigenvalue weighted by Gasteiger charge is 2.36. The third-order valence-electron chi connectivity index (χ3n) is 5.64. The van der Waals surface area contributed by atoms with E-state index in [2.05, 4.69) is 10.3 Å². The molecule has 1 amide bonds. The van der Waals surface area contributed by atoms with E-state index in [1.165, 1.54) is 12.1 Å². The zero-order valence-electron chi connectivity index (χ0n) is 15.8. The molecule has 0 radical (unpaired) electrons. The third-order valence-corrected chi connectivity index (χ3v) is 5.64. The summed E-state index contributed by atoms with van der Waals surface area (Å²) in [7, 11) is 0. The second-order valence-electron chi connectivity index (χ2n) is 7.55. The largest absolute Gasteiger partial charge is 0.394 e. The fourth-order valence-corrected chi connectivity index (χ4v) is 3.91. The predicted molar refractivity (Wildman–Crippen MR) is 105 cm³/mol. The number of hydrogen-bond donors (Lipinski definition) is 2. The molecule has 3 aliphatic rings. The lowest BCUT2D eigenvalue weighted by Crippen LogP contribution is -2.56. The van der Waals surface area contributed by atoms with Gasteiger partial charge in [-0.1, -0.05) is 24.3 Å². The summed E-state index contributed by atoms with van der Waals surface area (Å²) in [6.45, 7) is 0.723. The Morgan fingerprint density at radius 1 is 1.28 bits per heavy atom. The third kappa shape index (κ3) is 3.93. The zero-order chi connectivity index (χ0) is 20.4. The minimum Gasteiger partial charge on any atom is -0.394 e. The maximum absolute atomic E-state index is 14.5. The van der Waals surface area contributed by atoms with Crippen LogP contribution in [-0.4, -0.2) is 42.1 Å². The maximum atomic E-state index is 14.5. The Morgan fingerprint density at radius 2 is 2.07 bits per heavy atom. The number of aliphatic hydroxyl groups excluding tert-OH is 1. The van der Waals surface area contributed by atoms with E-state index >= 15 is 0 Å². The summed E-state index contributed by atoms with van der Waals surface area (Å²) in [5, 5.41) is 12.8. The van der Waals surface area contributed by atoms with E-state index in [9.17, 15) is 18.7 Å². The topological polar surface area (TPSA) is 70.9 Å². The monoisotopic (exact) mass is 400 g/mol. The SMILES string of the molecule is O=C(NC1(CO)CCOCC1)C1=NC(c2ccc(F)cc2F)=C2C=CC=CC2C1. The first kappa shape index (κ1) is 19.7. The van der Waals surface area contributed by atoms with Crippen LogP contribution < -0.4 is 5.32 Å². The van der Waals surface area contributed by atoms with E-state index < -0.39 is 17.2 Å². The standard InChI is InChI=1S/C22H22F2N2O3/c23-15-5-6-17(18(24)12-15)20-16-4-2-1-3-14(16)11-19(25-20)21(28)26-22(13-27)7-9-29-10-8-22/h1-6,12,14,27H,7-11,13H2,(H,26,28). The number of benzene rings is 1. The molecule has 2 heterocycles. The molecule has 1 aromatic rings. The number of fused-ring (bicyclic) bond motifs is 1.